The number of carbonyl (C=O) groups excluding carboxylic acids is 2. The normalized spacial score (nSPS) is 10.5. The van der Waals surface area contributed by atoms with E-state index in [2.05, 4.69) is 12.1 Å². The summed E-state index contributed by atoms with van der Waals surface area (Å²) in [5.41, 5.74) is 1.63. The lowest BCUT2D eigenvalue weighted by molar-refractivity contribution is -0.140. The molecule has 186 valence electrons. The van der Waals surface area contributed by atoms with Crippen LogP contribution in [0, 0.1) is 0 Å². The number of hydrogen-bond donors (Lipinski definition) is 1. The first-order valence-corrected chi connectivity index (χ1v) is 11.4. The molecule has 0 aliphatic carbocycles. The third-order valence-corrected chi connectivity index (χ3v) is 5.36. The van der Waals surface area contributed by atoms with Gasteiger partial charge in [0.15, 0.2) is 11.5 Å². The van der Waals surface area contributed by atoms with E-state index in [0.29, 0.717) is 55.2 Å². The number of nitrogens with zero attached hydrogens (tertiary/aromatic N) is 1. The number of aliphatic hydroxyl groups is 1. The Labute approximate surface area is 201 Å². The summed E-state index contributed by atoms with van der Waals surface area (Å²) in [5.74, 6) is 0.632. The fourth-order valence-corrected chi connectivity index (χ4v) is 3.58. The summed E-state index contributed by atoms with van der Waals surface area (Å²) in [4.78, 5) is 26.7. The van der Waals surface area contributed by atoms with Crippen LogP contribution in [0.15, 0.2) is 42.5 Å². The van der Waals surface area contributed by atoms with Gasteiger partial charge in [-0.15, -0.1) is 0 Å². The molecule has 0 aliphatic heterocycles. The van der Waals surface area contributed by atoms with Crippen molar-refractivity contribution in [1.29, 1.82) is 0 Å². The molecule has 0 bridgehead atoms. The molecular weight excluding hydrogens is 438 g/mol. The molecular formula is C26H35NO7. The van der Waals surface area contributed by atoms with Crippen molar-refractivity contribution in [2.24, 2.45) is 0 Å². The molecule has 2 rings (SSSR count). The number of aliphatic hydroxyl groups excluding tert-OH is 1. The number of methoxy groups -OCH3 is 3. The second-order valence-corrected chi connectivity index (χ2v) is 7.70. The summed E-state index contributed by atoms with van der Waals surface area (Å²) >= 11 is 0. The lowest BCUT2D eigenvalue weighted by atomic mass is 10.1. The van der Waals surface area contributed by atoms with Crippen molar-refractivity contribution in [2.45, 2.75) is 32.1 Å². The third kappa shape index (κ3) is 8.26. The summed E-state index contributed by atoms with van der Waals surface area (Å²) in [6, 6.07) is 13.4. The van der Waals surface area contributed by atoms with Crippen LogP contribution in [0.2, 0.25) is 0 Å². The average Bonchev–Trinajstić information content (AvgIpc) is 2.88. The van der Waals surface area contributed by atoms with Gasteiger partial charge in [0.1, 0.15) is 6.61 Å². The van der Waals surface area contributed by atoms with Gasteiger partial charge in [-0.05, 0) is 43.4 Å². The second kappa shape index (κ2) is 14.8. The largest absolute Gasteiger partial charge is 0.493 e. The van der Waals surface area contributed by atoms with E-state index in [9.17, 15) is 9.59 Å². The maximum atomic E-state index is 13.5. The molecule has 0 saturated carbocycles. The van der Waals surface area contributed by atoms with Crippen molar-refractivity contribution in [3.8, 4) is 17.2 Å². The minimum Gasteiger partial charge on any atom is -0.493 e. The summed E-state index contributed by atoms with van der Waals surface area (Å²) in [6.07, 6.45) is 3.29. The van der Waals surface area contributed by atoms with Crippen molar-refractivity contribution in [3.05, 3.63) is 53.6 Å². The Balaban J connectivity index is 2.17. The van der Waals surface area contributed by atoms with E-state index in [4.69, 9.17) is 24.1 Å². The van der Waals surface area contributed by atoms with Crippen molar-refractivity contribution in [2.75, 3.05) is 47.6 Å². The zero-order chi connectivity index (χ0) is 24.8. The first kappa shape index (κ1) is 27.0. The predicted octanol–water partition coefficient (Wildman–Crippen LogP) is 3.49. The smallest absolute Gasteiger partial charge is 0.305 e. The highest BCUT2D eigenvalue weighted by molar-refractivity contribution is 5.95. The number of carbonyl (C=O) groups is 2. The first-order valence-electron chi connectivity index (χ1n) is 11.4. The number of hydrogen-bond acceptors (Lipinski definition) is 7. The highest BCUT2D eigenvalue weighted by Gasteiger charge is 2.21. The molecule has 2 aromatic carbocycles. The summed E-state index contributed by atoms with van der Waals surface area (Å²) < 4.78 is 21.1. The summed E-state index contributed by atoms with van der Waals surface area (Å²) in [5, 5.41) is 9.09. The van der Waals surface area contributed by atoms with Gasteiger partial charge in [-0.25, -0.2) is 0 Å². The van der Waals surface area contributed by atoms with Crippen molar-refractivity contribution in [1.82, 2.24) is 4.90 Å². The lowest BCUT2D eigenvalue weighted by Gasteiger charge is -2.24. The van der Waals surface area contributed by atoms with Crippen LogP contribution in [-0.2, 0) is 16.0 Å². The van der Waals surface area contributed by atoms with E-state index in [1.165, 1.54) is 26.9 Å². The number of amides is 1. The topological polar surface area (TPSA) is 94.5 Å². The minimum atomic E-state index is -0.255. The van der Waals surface area contributed by atoms with Crippen molar-refractivity contribution < 1.29 is 33.6 Å². The van der Waals surface area contributed by atoms with Gasteiger partial charge in [0.05, 0.1) is 27.9 Å². The molecule has 0 aromatic heterocycles. The summed E-state index contributed by atoms with van der Waals surface area (Å²) in [6.45, 7) is 0.997. The maximum absolute atomic E-state index is 13.5. The fourth-order valence-electron chi connectivity index (χ4n) is 3.58. The Morgan fingerprint density at radius 2 is 1.56 bits per heavy atom. The van der Waals surface area contributed by atoms with Gasteiger partial charge in [-0.1, -0.05) is 30.3 Å². The molecule has 2 aromatic rings. The summed E-state index contributed by atoms with van der Waals surface area (Å²) in [7, 11) is 4.34. The van der Waals surface area contributed by atoms with E-state index in [-0.39, 0.29) is 25.1 Å². The molecule has 0 saturated heterocycles. The quantitative estimate of drug-likeness (QED) is 0.313. The average molecular weight is 474 g/mol. The van der Waals surface area contributed by atoms with Crippen LogP contribution in [0.25, 0.3) is 0 Å². The van der Waals surface area contributed by atoms with Gasteiger partial charge in [-0.3, -0.25) is 9.59 Å². The molecule has 34 heavy (non-hydrogen) atoms. The standard InChI is InChI=1S/C26H35NO7/c1-31-22-18-21(19-23(32-2)25(22)34-17-16-28)26(30)27(14-8-7-13-24(29)33-3)15-9-12-20-10-5-4-6-11-20/h4-6,10-11,18-19,28H,7-9,12-17H2,1-3H3. The van der Waals surface area contributed by atoms with Gasteiger partial charge >= 0.3 is 5.97 Å². The zero-order valence-corrected chi connectivity index (χ0v) is 20.2. The van der Waals surface area contributed by atoms with Crippen LogP contribution < -0.4 is 14.2 Å². The molecule has 0 atom stereocenters. The fraction of sp³-hybridized carbons (Fsp3) is 0.462. The molecule has 1 N–H and O–H groups in total. The third-order valence-electron chi connectivity index (χ3n) is 5.36. The Morgan fingerprint density at radius 3 is 2.15 bits per heavy atom. The molecule has 0 radical (unpaired) electrons. The minimum absolute atomic E-state index is 0.0752. The Morgan fingerprint density at radius 1 is 0.912 bits per heavy atom. The van der Waals surface area contributed by atoms with Crippen molar-refractivity contribution in [3.63, 3.8) is 0 Å². The monoisotopic (exact) mass is 473 g/mol. The van der Waals surface area contributed by atoms with Gasteiger partial charge in [-0.2, -0.15) is 0 Å². The Hall–Kier alpha value is -3.26. The molecule has 8 nitrogen and oxygen atoms in total. The molecule has 8 heteroatoms. The van der Waals surface area contributed by atoms with Gasteiger partial charge < -0.3 is 29.0 Å². The second-order valence-electron chi connectivity index (χ2n) is 7.70. The SMILES string of the molecule is COC(=O)CCCCN(CCCc1ccccc1)C(=O)c1cc(OC)c(OCCO)c(OC)c1. The number of benzene rings is 2. The highest BCUT2D eigenvalue weighted by atomic mass is 16.5. The number of esters is 1. The van der Waals surface area contributed by atoms with Crippen molar-refractivity contribution >= 4 is 11.9 Å². The lowest BCUT2D eigenvalue weighted by Crippen LogP contribution is -2.33. The number of rotatable bonds is 15. The zero-order valence-electron chi connectivity index (χ0n) is 20.2. The highest BCUT2D eigenvalue weighted by Crippen LogP contribution is 2.39. The Bertz CT molecular complexity index is 876. The van der Waals surface area contributed by atoms with E-state index in [1.807, 2.05) is 18.2 Å². The van der Waals surface area contributed by atoms with Crippen LogP contribution in [0.5, 0.6) is 17.2 Å². The maximum Gasteiger partial charge on any atom is 0.305 e. The predicted molar refractivity (Wildman–Crippen MR) is 129 cm³/mol. The molecule has 0 unspecified atom stereocenters. The molecule has 1 amide bonds. The van der Waals surface area contributed by atoms with Crippen LogP contribution in [0.4, 0.5) is 0 Å². The van der Waals surface area contributed by atoms with Crippen LogP contribution in [-0.4, -0.2) is 69.5 Å². The molecule has 0 aliphatic rings. The van der Waals surface area contributed by atoms with E-state index >= 15 is 0 Å². The van der Waals surface area contributed by atoms with Gasteiger partial charge in [0.25, 0.3) is 5.91 Å². The van der Waals surface area contributed by atoms with Gasteiger partial charge in [0.2, 0.25) is 5.75 Å². The molecule has 0 heterocycles. The van der Waals surface area contributed by atoms with Gasteiger partial charge in [0, 0.05) is 25.1 Å². The Kier molecular flexibility index (Phi) is 11.7. The number of ether oxygens (including phenoxy) is 4. The number of unbranched alkanes of at least 4 members (excludes halogenated alkanes) is 1. The molecule has 0 spiro atoms. The van der Waals surface area contributed by atoms with Crippen LogP contribution in [0.3, 0.4) is 0 Å². The number of aryl methyl sites for hydroxylation is 1. The molecule has 0 fully saturated rings. The van der Waals surface area contributed by atoms with E-state index < -0.39 is 0 Å². The van der Waals surface area contributed by atoms with Crippen LogP contribution >= 0.6 is 0 Å². The van der Waals surface area contributed by atoms with E-state index in [1.54, 1.807) is 17.0 Å². The first-order chi connectivity index (χ1) is 16.5. The van der Waals surface area contributed by atoms with E-state index in [0.717, 1.165) is 12.8 Å². The van der Waals surface area contributed by atoms with Crippen LogP contribution in [0.1, 0.15) is 41.6 Å².